The molecule has 4 nitrogen and oxygen atoms in total. The van der Waals surface area contributed by atoms with Crippen LogP contribution in [-0.4, -0.2) is 11.8 Å². The first-order valence-electron chi connectivity index (χ1n) is 3.86. The molecule has 1 aliphatic rings. The van der Waals surface area contributed by atoms with Gasteiger partial charge in [-0.05, 0) is 12.1 Å². The molecule has 0 atom stereocenters. The molecule has 68 valence electrons. The van der Waals surface area contributed by atoms with Crippen molar-refractivity contribution in [2.75, 3.05) is 10.9 Å². The van der Waals surface area contributed by atoms with Gasteiger partial charge in [0, 0.05) is 4.90 Å². The van der Waals surface area contributed by atoms with Crippen LogP contribution in [0.2, 0.25) is 0 Å². The second-order valence-corrected chi connectivity index (χ2v) is 3.65. The Morgan fingerprint density at radius 2 is 2.15 bits per heavy atom. The molecule has 2 rings (SSSR count). The maximum Gasteiger partial charge on any atom is 0.209 e. The Kier molecular flexibility index (Phi) is 2.02. The van der Waals surface area contributed by atoms with E-state index in [1.165, 1.54) is 4.90 Å². The molecule has 5 heteroatoms. The zero-order chi connectivity index (χ0) is 9.26. The van der Waals surface area contributed by atoms with Crippen LogP contribution in [-0.2, 0) is 0 Å². The molecule has 4 N–H and O–H groups in total. The summed E-state index contributed by atoms with van der Waals surface area (Å²) >= 11 is 1.73. The highest BCUT2D eigenvalue weighted by Gasteiger charge is 2.18. The standard InChI is InChI=1S/C8H10N4S/c9-8(10)11-12-5-13-7-4-2-1-3-6(7)12/h1-4H,5H2,(H4,9,10,11). The first-order valence-corrected chi connectivity index (χ1v) is 4.85. The van der Waals surface area contributed by atoms with E-state index in [2.05, 4.69) is 11.2 Å². The summed E-state index contributed by atoms with van der Waals surface area (Å²) in [6.07, 6.45) is 0. The van der Waals surface area contributed by atoms with Crippen LogP contribution >= 0.6 is 11.8 Å². The topological polar surface area (TPSA) is 67.6 Å². The number of hydrogen-bond acceptors (Lipinski definition) is 3. The van der Waals surface area contributed by atoms with E-state index < -0.39 is 0 Å². The number of benzene rings is 1. The number of anilines is 1. The van der Waals surface area contributed by atoms with Crippen LogP contribution in [0.25, 0.3) is 0 Å². The Labute approximate surface area is 80.6 Å². The Morgan fingerprint density at radius 1 is 1.38 bits per heavy atom. The molecule has 1 aliphatic heterocycles. The second-order valence-electron chi connectivity index (χ2n) is 2.67. The van der Waals surface area contributed by atoms with E-state index in [-0.39, 0.29) is 5.96 Å². The number of rotatable bonds is 1. The molecule has 0 fully saturated rings. The molecule has 1 aromatic rings. The fourth-order valence-electron chi connectivity index (χ4n) is 1.21. The molecule has 0 bridgehead atoms. The number of hydrogen-bond donors (Lipinski definition) is 2. The van der Waals surface area contributed by atoms with Crippen LogP contribution in [0, 0.1) is 0 Å². The number of nitrogens with zero attached hydrogens (tertiary/aromatic N) is 2. The van der Waals surface area contributed by atoms with Crippen molar-refractivity contribution in [1.29, 1.82) is 0 Å². The molecule has 0 unspecified atom stereocenters. The third kappa shape index (κ3) is 1.55. The summed E-state index contributed by atoms with van der Waals surface area (Å²) in [5.74, 6) is 0.870. The minimum atomic E-state index is 0.0947. The van der Waals surface area contributed by atoms with Crippen molar-refractivity contribution in [1.82, 2.24) is 0 Å². The zero-order valence-electron chi connectivity index (χ0n) is 6.97. The molecule has 0 aromatic heterocycles. The van der Waals surface area contributed by atoms with Crippen molar-refractivity contribution in [3.8, 4) is 0 Å². The third-order valence-corrected chi connectivity index (χ3v) is 2.75. The lowest BCUT2D eigenvalue weighted by atomic mass is 10.3. The van der Waals surface area contributed by atoms with Crippen molar-refractivity contribution >= 4 is 23.4 Å². The molecule has 1 aromatic carbocycles. The van der Waals surface area contributed by atoms with Gasteiger partial charge in [-0.1, -0.05) is 12.1 Å². The van der Waals surface area contributed by atoms with Crippen LogP contribution < -0.4 is 16.5 Å². The Morgan fingerprint density at radius 3 is 2.92 bits per heavy atom. The van der Waals surface area contributed by atoms with E-state index in [9.17, 15) is 0 Å². The fourth-order valence-corrected chi connectivity index (χ4v) is 2.17. The van der Waals surface area contributed by atoms with Crippen molar-refractivity contribution in [3.05, 3.63) is 24.3 Å². The Balaban J connectivity index is 2.33. The molecule has 0 radical (unpaired) electrons. The minimum absolute atomic E-state index is 0.0947. The highest BCUT2D eigenvalue weighted by Crippen LogP contribution is 2.37. The Bertz CT molecular complexity index is 346. The highest BCUT2D eigenvalue weighted by atomic mass is 32.2. The summed E-state index contributed by atoms with van der Waals surface area (Å²) < 4.78 is 0. The molecule has 0 spiro atoms. The average Bonchev–Trinajstić information content (AvgIpc) is 2.48. The van der Waals surface area contributed by atoms with Crippen molar-refractivity contribution < 1.29 is 0 Å². The maximum absolute atomic E-state index is 5.31. The third-order valence-electron chi connectivity index (χ3n) is 1.72. The smallest absolute Gasteiger partial charge is 0.209 e. The van der Waals surface area contributed by atoms with Crippen molar-refractivity contribution in [2.24, 2.45) is 16.6 Å². The van der Waals surface area contributed by atoms with Crippen molar-refractivity contribution in [3.63, 3.8) is 0 Å². The zero-order valence-corrected chi connectivity index (χ0v) is 7.79. The SMILES string of the molecule is NC(N)=NN1CSc2ccccc21. The van der Waals surface area contributed by atoms with Gasteiger partial charge in [0.25, 0.3) is 0 Å². The van der Waals surface area contributed by atoms with E-state index in [1.807, 2.05) is 18.2 Å². The van der Waals surface area contributed by atoms with E-state index in [1.54, 1.807) is 16.8 Å². The van der Waals surface area contributed by atoms with E-state index in [0.29, 0.717) is 0 Å². The van der Waals surface area contributed by atoms with E-state index in [0.717, 1.165) is 11.6 Å². The summed E-state index contributed by atoms with van der Waals surface area (Å²) in [6.45, 7) is 0. The lowest BCUT2D eigenvalue weighted by molar-refractivity contribution is 0.986. The summed E-state index contributed by atoms with van der Waals surface area (Å²) in [6, 6.07) is 8.04. The molecule has 0 aliphatic carbocycles. The summed E-state index contributed by atoms with van der Waals surface area (Å²) in [7, 11) is 0. The van der Waals surface area contributed by atoms with Crippen LogP contribution in [0.3, 0.4) is 0 Å². The van der Waals surface area contributed by atoms with Gasteiger partial charge in [0.15, 0.2) is 0 Å². The van der Waals surface area contributed by atoms with Crippen molar-refractivity contribution in [2.45, 2.75) is 4.90 Å². The first-order chi connectivity index (χ1) is 6.27. The average molecular weight is 194 g/mol. The van der Waals surface area contributed by atoms with Gasteiger partial charge in [-0.3, -0.25) is 5.01 Å². The summed E-state index contributed by atoms with van der Waals surface area (Å²) in [5.41, 5.74) is 11.7. The minimum Gasteiger partial charge on any atom is -0.369 e. The number of fused-ring (bicyclic) bond motifs is 1. The molecular formula is C8H10N4S. The molecule has 1 heterocycles. The Hall–Kier alpha value is -1.36. The van der Waals surface area contributed by atoms with Gasteiger partial charge in [-0.25, -0.2) is 0 Å². The number of guanidine groups is 1. The van der Waals surface area contributed by atoms with Gasteiger partial charge < -0.3 is 11.5 Å². The summed E-state index contributed by atoms with van der Waals surface area (Å²) in [4.78, 5) is 1.22. The fraction of sp³-hybridized carbons (Fsp3) is 0.125. The summed E-state index contributed by atoms with van der Waals surface area (Å²) in [5, 5.41) is 5.80. The number of hydrazone groups is 1. The predicted octanol–water partition coefficient (Wildman–Crippen LogP) is 0.745. The number of thioether (sulfide) groups is 1. The quantitative estimate of drug-likeness (QED) is 0.511. The number of para-hydroxylation sites is 1. The molecular weight excluding hydrogens is 184 g/mol. The second kappa shape index (κ2) is 3.18. The van der Waals surface area contributed by atoms with Crippen LogP contribution in [0.4, 0.5) is 5.69 Å². The molecule has 0 saturated heterocycles. The van der Waals surface area contributed by atoms with Gasteiger partial charge in [0.05, 0.1) is 11.6 Å². The molecule has 0 amide bonds. The molecule has 0 saturated carbocycles. The van der Waals surface area contributed by atoms with Gasteiger partial charge in [0.1, 0.15) is 0 Å². The van der Waals surface area contributed by atoms with Crippen LogP contribution in [0.1, 0.15) is 0 Å². The maximum atomic E-state index is 5.31. The van der Waals surface area contributed by atoms with Gasteiger partial charge >= 0.3 is 0 Å². The van der Waals surface area contributed by atoms with Gasteiger partial charge in [-0.15, -0.1) is 16.9 Å². The van der Waals surface area contributed by atoms with E-state index in [4.69, 9.17) is 11.5 Å². The van der Waals surface area contributed by atoms with Crippen LogP contribution in [0.15, 0.2) is 34.3 Å². The monoisotopic (exact) mass is 194 g/mol. The predicted molar refractivity (Wildman–Crippen MR) is 55.5 cm³/mol. The van der Waals surface area contributed by atoms with Gasteiger partial charge in [-0.2, -0.15) is 0 Å². The largest absolute Gasteiger partial charge is 0.369 e. The van der Waals surface area contributed by atoms with Crippen LogP contribution in [0.5, 0.6) is 0 Å². The normalized spacial score (nSPS) is 14.0. The highest BCUT2D eigenvalue weighted by molar-refractivity contribution is 7.99. The number of nitrogens with two attached hydrogens (primary N) is 2. The lowest BCUT2D eigenvalue weighted by Crippen LogP contribution is -2.27. The van der Waals surface area contributed by atoms with E-state index >= 15 is 0 Å². The molecule has 13 heavy (non-hydrogen) atoms. The lowest BCUT2D eigenvalue weighted by Gasteiger charge is -2.10. The first kappa shape index (κ1) is 8.25. The van der Waals surface area contributed by atoms with Gasteiger partial charge in [0.2, 0.25) is 5.96 Å².